The Morgan fingerprint density at radius 2 is 1.26 bits per heavy atom. The lowest BCUT2D eigenvalue weighted by molar-refractivity contribution is -0.136. The minimum absolute atomic E-state index is 0.118. The number of benzene rings is 2. The third kappa shape index (κ3) is 8.22. The maximum absolute atomic E-state index is 13.5. The van der Waals surface area contributed by atoms with Gasteiger partial charge in [0, 0.05) is 13.1 Å². The van der Waals surface area contributed by atoms with Gasteiger partial charge in [0.15, 0.2) is 0 Å². The number of nitrogens with zero attached hydrogens (tertiary/aromatic N) is 4. The van der Waals surface area contributed by atoms with E-state index in [2.05, 4.69) is 30.6 Å². The van der Waals surface area contributed by atoms with Crippen LogP contribution in [0.25, 0.3) is 33.6 Å². The van der Waals surface area contributed by atoms with Crippen LogP contribution >= 0.6 is 0 Å². The number of ether oxygens (including phenoxy) is 1. The molecule has 2 fully saturated rings. The Hall–Kier alpha value is -6.19. The molecule has 7 N–H and O–H groups in total. The highest BCUT2D eigenvalue weighted by molar-refractivity contribution is 5.90. The van der Waals surface area contributed by atoms with Crippen LogP contribution in [0, 0.1) is 5.92 Å². The minimum atomic E-state index is -1.41. The molecule has 2 aromatic carbocycles. The predicted octanol–water partition coefficient (Wildman–Crippen LogP) is 4.35. The van der Waals surface area contributed by atoms with Crippen molar-refractivity contribution in [3.63, 3.8) is 0 Å². The van der Waals surface area contributed by atoms with Gasteiger partial charge >= 0.3 is 12.2 Å². The van der Waals surface area contributed by atoms with E-state index < -0.39 is 48.5 Å². The maximum atomic E-state index is 13.5. The first kappa shape index (κ1) is 37.6. The molecule has 5 amide bonds. The number of nitrogens with one attached hydrogen (secondary N) is 4. The van der Waals surface area contributed by atoms with Crippen molar-refractivity contribution >= 4 is 29.9 Å². The number of alkyl carbamates (subject to hydrolysis) is 1. The standard InChI is InChI=1S/C38H45N9O7/c1-21(2)32(45-38(53)54-3)36(50)47-17-5-7-30(47)34-41-20-28(43-34)25-14-10-23(11-15-25)22-8-12-24(13-9-22)27-19-40-33(42-27)29-6-4-16-46(29)35(49)26(18-31(39)48)44-37(51)52/h8-15,19-21,26,29-30,32,44H,4-7,16-18H2,1-3H3,(H2,39,48)(H,40,42)(H,41,43)(H,45,53)(H,51,52)/t26-,29-,30-,32-/m0/s1. The van der Waals surface area contributed by atoms with Crippen LogP contribution in [0.4, 0.5) is 9.59 Å². The van der Waals surface area contributed by atoms with Crippen molar-refractivity contribution in [1.82, 2.24) is 40.4 Å². The second kappa shape index (κ2) is 16.2. The Labute approximate surface area is 311 Å². The monoisotopic (exact) mass is 739 g/mol. The SMILES string of the molecule is COC(=O)N[C@H](C(=O)N1CCC[C@H]1c1ncc(-c2ccc(-c3ccc(-c4cnc([C@@H]5CCCN5C(=O)[C@H](CC(N)=O)NC(=O)O)[nH]4)cc3)cc2)[nH]1)C(C)C. The molecule has 2 aromatic heterocycles. The summed E-state index contributed by atoms with van der Waals surface area (Å²) >= 11 is 0. The molecule has 0 bridgehead atoms. The molecule has 0 unspecified atom stereocenters. The molecule has 16 nitrogen and oxygen atoms in total. The van der Waals surface area contributed by atoms with Crippen molar-refractivity contribution in [3.05, 3.63) is 72.6 Å². The fraction of sp³-hybridized carbons (Fsp3) is 0.395. The number of nitrogens with two attached hydrogens (primary N) is 1. The Balaban J connectivity index is 1.11. The first-order chi connectivity index (χ1) is 25.9. The Kier molecular flexibility index (Phi) is 11.3. The van der Waals surface area contributed by atoms with Crippen molar-refractivity contribution in [3.8, 4) is 33.6 Å². The van der Waals surface area contributed by atoms with Gasteiger partial charge in [-0.2, -0.15) is 0 Å². The lowest BCUT2D eigenvalue weighted by atomic mass is 10.0. The van der Waals surface area contributed by atoms with Gasteiger partial charge in [-0.15, -0.1) is 0 Å². The van der Waals surface area contributed by atoms with Crippen molar-refractivity contribution in [2.75, 3.05) is 20.2 Å². The molecule has 2 aliphatic rings. The van der Waals surface area contributed by atoms with E-state index in [1.54, 1.807) is 22.2 Å². The number of aromatic amines is 2. The van der Waals surface area contributed by atoms with Gasteiger partial charge in [0.05, 0.1) is 49.4 Å². The van der Waals surface area contributed by atoms with Crippen LogP contribution in [0.15, 0.2) is 60.9 Å². The van der Waals surface area contributed by atoms with Gasteiger partial charge in [-0.05, 0) is 53.9 Å². The lowest BCUT2D eigenvalue weighted by Gasteiger charge is -2.30. The zero-order chi connectivity index (χ0) is 38.5. The van der Waals surface area contributed by atoms with E-state index in [0.717, 1.165) is 46.5 Å². The number of methoxy groups -OCH3 is 1. The number of hydrogen-bond donors (Lipinski definition) is 6. The zero-order valence-corrected chi connectivity index (χ0v) is 30.4. The smallest absolute Gasteiger partial charge is 0.407 e. The summed E-state index contributed by atoms with van der Waals surface area (Å²) in [5, 5.41) is 14.0. The molecule has 4 atom stereocenters. The first-order valence-corrected chi connectivity index (χ1v) is 18.0. The van der Waals surface area contributed by atoms with Gasteiger partial charge in [0.1, 0.15) is 23.7 Å². The number of primary amides is 1. The highest BCUT2D eigenvalue weighted by Gasteiger charge is 2.38. The van der Waals surface area contributed by atoms with Crippen LogP contribution in [0.5, 0.6) is 0 Å². The summed E-state index contributed by atoms with van der Waals surface area (Å²) in [4.78, 5) is 80.7. The number of carbonyl (C=O) groups is 5. The summed E-state index contributed by atoms with van der Waals surface area (Å²) in [5.41, 5.74) is 10.7. The molecule has 0 spiro atoms. The Morgan fingerprint density at radius 3 is 1.69 bits per heavy atom. The van der Waals surface area contributed by atoms with E-state index in [9.17, 15) is 29.1 Å². The molecule has 2 aliphatic heterocycles. The topological polar surface area (TPSA) is 229 Å². The van der Waals surface area contributed by atoms with E-state index >= 15 is 0 Å². The summed E-state index contributed by atoms with van der Waals surface area (Å²) in [6.45, 7) is 4.76. The number of carboxylic acid groups (broad SMARTS) is 1. The Morgan fingerprint density at radius 1 is 0.796 bits per heavy atom. The molecule has 2 saturated heterocycles. The first-order valence-electron chi connectivity index (χ1n) is 18.0. The molecule has 6 rings (SSSR count). The fourth-order valence-electron chi connectivity index (χ4n) is 7.25. The molecule has 0 radical (unpaired) electrons. The highest BCUT2D eigenvalue weighted by Crippen LogP contribution is 2.35. The molecular formula is C38H45N9O7. The van der Waals surface area contributed by atoms with E-state index in [4.69, 9.17) is 10.5 Å². The van der Waals surface area contributed by atoms with E-state index in [-0.39, 0.29) is 17.9 Å². The van der Waals surface area contributed by atoms with E-state index in [1.807, 2.05) is 62.4 Å². The molecule has 4 aromatic rings. The van der Waals surface area contributed by atoms with Crippen molar-refractivity contribution in [2.24, 2.45) is 11.7 Å². The predicted molar refractivity (Wildman–Crippen MR) is 197 cm³/mol. The molecular weight excluding hydrogens is 694 g/mol. The molecule has 4 heterocycles. The number of imidazole rings is 2. The quantitative estimate of drug-likeness (QED) is 0.121. The molecule has 54 heavy (non-hydrogen) atoms. The third-order valence-corrected chi connectivity index (χ3v) is 10.0. The molecule has 0 aliphatic carbocycles. The van der Waals surface area contributed by atoms with Crippen molar-refractivity contribution < 1.29 is 33.8 Å². The van der Waals surface area contributed by atoms with Crippen molar-refractivity contribution in [1.29, 1.82) is 0 Å². The summed E-state index contributed by atoms with van der Waals surface area (Å²) in [6.07, 6.45) is 3.94. The number of hydrogen-bond acceptors (Lipinski definition) is 8. The number of aromatic nitrogens is 4. The summed E-state index contributed by atoms with van der Waals surface area (Å²) in [7, 11) is 1.28. The average molecular weight is 740 g/mol. The van der Waals surface area contributed by atoms with Gasteiger partial charge in [-0.3, -0.25) is 14.4 Å². The van der Waals surface area contributed by atoms with Crippen LogP contribution in [-0.2, 0) is 19.1 Å². The van der Waals surface area contributed by atoms with Crippen molar-refractivity contribution in [2.45, 2.75) is 70.1 Å². The van der Waals surface area contributed by atoms with Crippen LogP contribution < -0.4 is 16.4 Å². The van der Waals surface area contributed by atoms with Gasteiger partial charge in [0.2, 0.25) is 17.7 Å². The second-order valence-electron chi connectivity index (χ2n) is 13.9. The van der Waals surface area contributed by atoms with E-state index in [0.29, 0.717) is 37.6 Å². The Bertz CT molecular complexity index is 1970. The molecule has 16 heteroatoms. The largest absolute Gasteiger partial charge is 0.465 e. The van der Waals surface area contributed by atoms with Crippen LogP contribution in [0.3, 0.4) is 0 Å². The van der Waals surface area contributed by atoms with Gasteiger partial charge < -0.3 is 46.0 Å². The molecule has 0 saturated carbocycles. The highest BCUT2D eigenvalue weighted by atomic mass is 16.5. The minimum Gasteiger partial charge on any atom is -0.465 e. The van der Waals surface area contributed by atoms with Gasteiger partial charge in [0.25, 0.3) is 0 Å². The number of amides is 5. The summed E-state index contributed by atoms with van der Waals surface area (Å²) in [6, 6.07) is 13.5. The van der Waals surface area contributed by atoms with Gasteiger partial charge in [-0.25, -0.2) is 19.6 Å². The molecule has 284 valence electrons. The third-order valence-electron chi connectivity index (χ3n) is 10.0. The fourth-order valence-corrected chi connectivity index (χ4v) is 7.25. The number of carbonyl (C=O) groups excluding carboxylic acids is 4. The number of rotatable bonds is 12. The van der Waals surface area contributed by atoms with Gasteiger partial charge in [-0.1, -0.05) is 62.4 Å². The van der Waals surface area contributed by atoms with Crippen LogP contribution in [0.2, 0.25) is 0 Å². The van der Waals surface area contributed by atoms with Crippen LogP contribution in [-0.4, -0.2) is 97.0 Å². The number of likely N-dealkylation sites (tertiary alicyclic amines) is 2. The number of H-pyrrole nitrogens is 2. The zero-order valence-electron chi connectivity index (χ0n) is 30.4. The summed E-state index contributed by atoms with van der Waals surface area (Å²) < 4.78 is 4.74. The lowest BCUT2D eigenvalue weighted by Crippen LogP contribution is -2.51. The summed E-state index contributed by atoms with van der Waals surface area (Å²) in [5.74, 6) is -0.289. The van der Waals surface area contributed by atoms with Crippen LogP contribution in [0.1, 0.15) is 69.7 Å². The maximum Gasteiger partial charge on any atom is 0.407 e. The average Bonchev–Trinajstić information content (AvgIpc) is 3.99. The van der Waals surface area contributed by atoms with E-state index in [1.165, 1.54) is 7.11 Å². The second-order valence-corrected chi connectivity index (χ2v) is 13.9. The normalized spacial score (nSPS) is 18.0.